The van der Waals surface area contributed by atoms with Crippen LogP contribution in [0.25, 0.3) is 44.6 Å². The summed E-state index contributed by atoms with van der Waals surface area (Å²) in [4.78, 5) is 7.99. The highest BCUT2D eigenvalue weighted by Gasteiger charge is 2.13. The van der Waals surface area contributed by atoms with Crippen LogP contribution in [0.3, 0.4) is 0 Å². The molecule has 2 N–H and O–H groups in total. The molecule has 0 radical (unpaired) electrons. The first-order chi connectivity index (χ1) is 11.9. The quantitative estimate of drug-likeness (QED) is 0.493. The van der Waals surface area contributed by atoms with Crippen molar-refractivity contribution in [2.24, 2.45) is 0 Å². The summed E-state index contributed by atoms with van der Waals surface area (Å²) < 4.78 is 0. The maximum atomic E-state index is 4.65. The molecule has 0 fully saturated rings. The molecule has 0 spiro atoms. The van der Waals surface area contributed by atoms with Gasteiger partial charge in [-0.05, 0) is 35.4 Å². The Morgan fingerprint density at radius 2 is 1.54 bits per heavy atom. The smallest absolute Gasteiger partial charge is 0.159 e. The number of aromatic nitrogens is 4. The minimum atomic E-state index is 0.787. The molecule has 4 heteroatoms. The van der Waals surface area contributed by atoms with Gasteiger partial charge in [-0.1, -0.05) is 48.5 Å². The van der Waals surface area contributed by atoms with Gasteiger partial charge in [0, 0.05) is 5.39 Å². The van der Waals surface area contributed by atoms with E-state index in [0.717, 1.165) is 33.5 Å². The molecule has 0 amide bonds. The zero-order valence-corrected chi connectivity index (χ0v) is 12.8. The molecule has 0 atom stereocenters. The van der Waals surface area contributed by atoms with Crippen LogP contribution < -0.4 is 0 Å². The van der Waals surface area contributed by atoms with Crippen molar-refractivity contribution < 1.29 is 0 Å². The maximum Gasteiger partial charge on any atom is 0.159 e. The predicted octanol–water partition coefficient (Wildman–Crippen LogP) is 4.77. The Hall–Kier alpha value is -3.40. The molecule has 0 aliphatic heterocycles. The highest BCUT2D eigenvalue weighted by atomic mass is 15.1. The summed E-state index contributed by atoms with van der Waals surface area (Å²) in [5, 5.41) is 8.67. The lowest BCUT2D eigenvalue weighted by atomic mass is 10.0. The summed E-state index contributed by atoms with van der Waals surface area (Å²) in [5.41, 5.74) is 6.18. The number of H-pyrrole nitrogens is 2. The third kappa shape index (κ3) is 2.01. The van der Waals surface area contributed by atoms with Crippen molar-refractivity contribution in [3.63, 3.8) is 0 Å². The van der Waals surface area contributed by atoms with Crippen molar-refractivity contribution in [1.29, 1.82) is 0 Å². The Morgan fingerprint density at radius 1 is 0.708 bits per heavy atom. The van der Waals surface area contributed by atoms with E-state index in [-0.39, 0.29) is 0 Å². The SMILES string of the molecule is c1ccc(-c2ccc3c(-c4nc5ccccc5[nH]4)n[nH]c3c2)cc1. The minimum absolute atomic E-state index is 0.787. The molecule has 24 heavy (non-hydrogen) atoms. The molecule has 0 saturated carbocycles. The Labute approximate surface area is 138 Å². The molecule has 4 nitrogen and oxygen atoms in total. The van der Waals surface area contributed by atoms with Gasteiger partial charge in [0.1, 0.15) is 5.69 Å². The van der Waals surface area contributed by atoms with Crippen LogP contribution in [0.4, 0.5) is 0 Å². The molecule has 0 unspecified atom stereocenters. The van der Waals surface area contributed by atoms with Gasteiger partial charge in [-0.3, -0.25) is 5.10 Å². The first-order valence-electron chi connectivity index (χ1n) is 7.87. The first-order valence-corrected chi connectivity index (χ1v) is 7.87. The van der Waals surface area contributed by atoms with Gasteiger partial charge in [-0.15, -0.1) is 0 Å². The molecule has 5 aromatic rings. The highest BCUT2D eigenvalue weighted by Crippen LogP contribution is 2.29. The van der Waals surface area contributed by atoms with Gasteiger partial charge < -0.3 is 4.98 Å². The maximum absolute atomic E-state index is 4.65. The third-order valence-electron chi connectivity index (χ3n) is 4.28. The highest BCUT2D eigenvalue weighted by molar-refractivity contribution is 5.95. The number of aromatic amines is 2. The zero-order chi connectivity index (χ0) is 15.9. The Balaban J connectivity index is 1.65. The Bertz CT molecular complexity index is 1120. The van der Waals surface area contributed by atoms with Gasteiger partial charge in [-0.25, -0.2) is 4.98 Å². The minimum Gasteiger partial charge on any atom is -0.337 e. The molecule has 0 aliphatic carbocycles. The molecule has 114 valence electrons. The Morgan fingerprint density at radius 3 is 2.42 bits per heavy atom. The fourth-order valence-corrected chi connectivity index (χ4v) is 3.08. The summed E-state index contributed by atoms with van der Waals surface area (Å²) in [6.45, 7) is 0. The summed E-state index contributed by atoms with van der Waals surface area (Å²) in [6.07, 6.45) is 0. The van der Waals surface area contributed by atoms with Gasteiger partial charge in [0.25, 0.3) is 0 Å². The normalized spacial score (nSPS) is 11.3. The average molecular weight is 310 g/mol. The van der Waals surface area contributed by atoms with Crippen molar-refractivity contribution >= 4 is 21.9 Å². The van der Waals surface area contributed by atoms with Crippen molar-refractivity contribution in [2.45, 2.75) is 0 Å². The number of imidazole rings is 1. The summed E-state index contributed by atoms with van der Waals surface area (Å²) in [5.74, 6) is 0.787. The molecule has 0 bridgehead atoms. The summed E-state index contributed by atoms with van der Waals surface area (Å²) in [7, 11) is 0. The largest absolute Gasteiger partial charge is 0.337 e. The molecule has 0 saturated heterocycles. The number of para-hydroxylation sites is 2. The second-order valence-corrected chi connectivity index (χ2v) is 5.80. The van der Waals surface area contributed by atoms with E-state index in [4.69, 9.17) is 0 Å². The van der Waals surface area contributed by atoms with Gasteiger partial charge in [0.05, 0.1) is 16.6 Å². The van der Waals surface area contributed by atoms with Crippen molar-refractivity contribution in [3.05, 3.63) is 72.8 Å². The van der Waals surface area contributed by atoms with Crippen LogP contribution in [-0.2, 0) is 0 Å². The number of hydrogen-bond donors (Lipinski definition) is 2. The van der Waals surface area contributed by atoms with Crippen molar-refractivity contribution in [1.82, 2.24) is 20.2 Å². The third-order valence-corrected chi connectivity index (χ3v) is 4.28. The fraction of sp³-hybridized carbons (Fsp3) is 0. The van der Waals surface area contributed by atoms with E-state index in [1.807, 2.05) is 42.5 Å². The lowest BCUT2D eigenvalue weighted by Gasteiger charge is -2.01. The Kier molecular flexibility index (Phi) is 2.76. The summed E-state index contributed by atoms with van der Waals surface area (Å²) in [6, 6.07) is 24.7. The van der Waals surface area contributed by atoms with Crippen LogP contribution in [0.2, 0.25) is 0 Å². The van der Waals surface area contributed by atoms with E-state index in [2.05, 4.69) is 50.5 Å². The number of nitrogens with one attached hydrogen (secondary N) is 2. The van der Waals surface area contributed by atoms with Gasteiger partial charge in [-0.2, -0.15) is 5.10 Å². The van der Waals surface area contributed by atoms with Crippen LogP contribution in [0.15, 0.2) is 72.8 Å². The van der Waals surface area contributed by atoms with Gasteiger partial charge >= 0.3 is 0 Å². The van der Waals surface area contributed by atoms with Gasteiger partial charge in [0.15, 0.2) is 5.82 Å². The lowest BCUT2D eigenvalue weighted by molar-refractivity contribution is 1.11. The zero-order valence-electron chi connectivity index (χ0n) is 12.8. The monoisotopic (exact) mass is 310 g/mol. The lowest BCUT2D eigenvalue weighted by Crippen LogP contribution is -1.81. The molecule has 3 aromatic carbocycles. The number of hydrogen-bond acceptors (Lipinski definition) is 2. The van der Waals surface area contributed by atoms with E-state index < -0.39 is 0 Å². The number of fused-ring (bicyclic) bond motifs is 2. The van der Waals surface area contributed by atoms with Crippen LogP contribution >= 0.6 is 0 Å². The number of rotatable bonds is 2. The topological polar surface area (TPSA) is 57.4 Å². The van der Waals surface area contributed by atoms with E-state index in [9.17, 15) is 0 Å². The standard InChI is InChI=1S/C20H14N4/c1-2-6-13(7-3-1)14-10-11-15-18(12-14)23-24-19(15)20-21-16-8-4-5-9-17(16)22-20/h1-12H,(H,21,22)(H,23,24). The van der Waals surface area contributed by atoms with Crippen molar-refractivity contribution in [3.8, 4) is 22.6 Å². The van der Waals surface area contributed by atoms with Crippen molar-refractivity contribution in [2.75, 3.05) is 0 Å². The number of nitrogens with zero attached hydrogens (tertiary/aromatic N) is 2. The van der Waals surface area contributed by atoms with Gasteiger partial charge in [0.2, 0.25) is 0 Å². The molecule has 2 heterocycles. The second kappa shape index (κ2) is 5.06. The molecule has 5 rings (SSSR count). The van der Waals surface area contributed by atoms with Crippen LogP contribution in [0.1, 0.15) is 0 Å². The van der Waals surface area contributed by atoms with Crippen LogP contribution in [0, 0.1) is 0 Å². The summed E-state index contributed by atoms with van der Waals surface area (Å²) >= 11 is 0. The molecular formula is C20H14N4. The van der Waals surface area contributed by atoms with E-state index in [1.54, 1.807) is 0 Å². The van der Waals surface area contributed by atoms with E-state index in [1.165, 1.54) is 11.1 Å². The molecule has 2 aromatic heterocycles. The first kappa shape index (κ1) is 13.1. The molecular weight excluding hydrogens is 296 g/mol. The second-order valence-electron chi connectivity index (χ2n) is 5.80. The van der Waals surface area contributed by atoms with E-state index in [0.29, 0.717) is 0 Å². The fourth-order valence-electron chi connectivity index (χ4n) is 3.08. The van der Waals surface area contributed by atoms with Crippen LogP contribution in [-0.4, -0.2) is 20.2 Å². The predicted molar refractivity (Wildman–Crippen MR) is 96.6 cm³/mol. The van der Waals surface area contributed by atoms with Crippen LogP contribution in [0.5, 0.6) is 0 Å². The average Bonchev–Trinajstić information content (AvgIpc) is 3.25. The van der Waals surface area contributed by atoms with E-state index >= 15 is 0 Å². The molecule has 0 aliphatic rings. The number of benzene rings is 3.